The highest BCUT2D eigenvalue weighted by Gasteiger charge is 2.42. The smallest absolute Gasteiger partial charge is 0.262 e. The Morgan fingerprint density at radius 1 is 1.35 bits per heavy atom. The highest BCUT2D eigenvalue weighted by Crippen LogP contribution is 2.32. The fourth-order valence-electron chi connectivity index (χ4n) is 2.63. The molecule has 0 aromatic heterocycles. The van der Waals surface area contributed by atoms with Gasteiger partial charge in [0.2, 0.25) is 5.91 Å². The van der Waals surface area contributed by atoms with Gasteiger partial charge in [-0.1, -0.05) is 6.07 Å². The largest absolute Gasteiger partial charge is 0.486 e. The summed E-state index contributed by atoms with van der Waals surface area (Å²) in [7, 11) is 0. The molecule has 1 aromatic rings. The second-order valence-electron chi connectivity index (χ2n) is 5.63. The molecule has 8 heteroatoms. The predicted octanol–water partition coefficient (Wildman–Crippen LogP) is 2.05. The summed E-state index contributed by atoms with van der Waals surface area (Å²) >= 11 is 0. The van der Waals surface area contributed by atoms with E-state index in [0.717, 1.165) is 5.56 Å². The van der Waals surface area contributed by atoms with E-state index in [2.05, 4.69) is 10.6 Å². The first kappa shape index (κ1) is 17.7. The van der Waals surface area contributed by atoms with Crippen LogP contribution in [0.4, 0.5) is 8.78 Å². The number of nitrogens with one attached hydrogen (secondary N) is 2. The molecule has 2 unspecified atom stereocenters. The van der Waals surface area contributed by atoms with Crippen LogP contribution in [0.15, 0.2) is 18.2 Å². The lowest BCUT2D eigenvalue weighted by Gasteiger charge is -2.22. The summed E-state index contributed by atoms with van der Waals surface area (Å²) in [5.41, 5.74) is 0.836. The molecule has 2 N–H and O–H groups in total. The van der Waals surface area contributed by atoms with Crippen molar-refractivity contribution < 1.29 is 23.0 Å². The van der Waals surface area contributed by atoms with Gasteiger partial charge in [0.1, 0.15) is 13.2 Å². The fourth-order valence-corrected chi connectivity index (χ4v) is 2.63. The molecule has 0 spiro atoms. The van der Waals surface area contributed by atoms with E-state index >= 15 is 0 Å². The molecule has 3 rings (SSSR count). The van der Waals surface area contributed by atoms with E-state index in [1.807, 2.05) is 6.07 Å². The number of rotatable bonds is 3. The normalized spacial score (nSPS) is 22.8. The van der Waals surface area contributed by atoms with Crippen molar-refractivity contribution in [3.8, 4) is 11.5 Å². The Labute approximate surface area is 139 Å². The number of hydrogen-bond donors (Lipinski definition) is 2. The van der Waals surface area contributed by atoms with E-state index in [1.165, 1.54) is 0 Å². The number of halogens is 3. The number of fused-ring (bicyclic) bond motifs is 1. The van der Waals surface area contributed by atoms with Crippen molar-refractivity contribution in [3.05, 3.63) is 23.8 Å². The Bertz CT molecular complexity index is 586. The third-order valence-corrected chi connectivity index (χ3v) is 3.85. The van der Waals surface area contributed by atoms with E-state index in [1.54, 1.807) is 19.1 Å². The number of carbonyl (C=O) groups is 1. The van der Waals surface area contributed by atoms with Gasteiger partial charge in [-0.2, -0.15) is 0 Å². The Morgan fingerprint density at radius 3 is 2.70 bits per heavy atom. The number of carbonyl (C=O) groups excluding carboxylic acids is 1. The van der Waals surface area contributed by atoms with E-state index in [-0.39, 0.29) is 18.4 Å². The number of benzene rings is 1. The van der Waals surface area contributed by atoms with Crippen molar-refractivity contribution in [1.29, 1.82) is 0 Å². The van der Waals surface area contributed by atoms with Crippen LogP contribution in [-0.4, -0.2) is 37.6 Å². The maximum atomic E-state index is 13.1. The predicted molar refractivity (Wildman–Crippen MR) is 82.6 cm³/mol. The molecule has 0 bridgehead atoms. The van der Waals surface area contributed by atoms with E-state index in [0.29, 0.717) is 24.7 Å². The minimum absolute atomic E-state index is 0. The van der Waals surface area contributed by atoms with Crippen LogP contribution in [0.1, 0.15) is 24.9 Å². The highest BCUT2D eigenvalue weighted by molar-refractivity contribution is 5.85. The zero-order valence-electron chi connectivity index (χ0n) is 12.6. The summed E-state index contributed by atoms with van der Waals surface area (Å²) in [5, 5.41) is 5.30. The Balaban J connectivity index is 0.00000192. The van der Waals surface area contributed by atoms with Crippen LogP contribution in [-0.2, 0) is 4.79 Å². The summed E-state index contributed by atoms with van der Waals surface area (Å²) in [6, 6.07) is 4.26. The fraction of sp³-hybridized carbons (Fsp3) is 0.533. The molecule has 1 fully saturated rings. The van der Waals surface area contributed by atoms with E-state index < -0.39 is 30.8 Å². The average Bonchev–Trinajstić information content (AvgIpc) is 2.87. The van der Waals surface area contributed by atoms with Crippen LogP contribution in [0.25, 0.3) is 0 Å². The van der Waals surface area contributed by atoms with Crippen LogP contribution in [0.3, 0.4) is 0 Å². The van der Waals surface area contributed by atoms with Gasteiger partial charge < -0.3 is 14.8 Å². The SMILES string of the molecule is CC(NC(=O)C1CC(F)(F)CN1)c1ccc2c(c1)OCCO2.Cl. The van der Waals surface area contributed by atoms with Crippen LogP contribution < -0.4 is 20.1 Å². The number of alkyl halides is 2. The van der Waals surface area contributed by atoms with Crippen LogP contribution >= 0.6 is 12.4 Å². The van der Waals surface area contributed by atoms with Gasteiger partial charge in [-0.15, -0.1) is 12.4 Å². The Morgan fingerprint density at radius 2 is 2.04 bits per heavy atom. The van der Waals surface area contributed by atoms with Crippen molar-refractivity contribution in [2.45, 2.75) is 31.4 Å². The van der Waals surface area contributed by atoms with Gasteiger partial charge in [0.25, 0.3) is 5.92 Å². The van der Waals surface area contributed by atoms with Crippen LogP contribution in [0.2, 0.25) is 0 Å². The molecule has 2 atom stereocenters. The van der Waals surface area contributed by atoms with E-state index in [9.17, 15) is 13.6 Å². The molecule has 1 amide bonds. The summed E-state index contributed by atoms with van der Waals surface area (Å²) in [6.07, 6.45) is -0.466. The zero-order valence-corrected chi connectivity index (χ0v) is 13.4. The molecule has 0 saturated carbocycles. The summed E-state index contributed by atoms with van der Waals surface area (Å²) < 4.78 is 37.2. The molecule has 2 aliphatic rings. The first-order valence-corrected chi connectivity index (χ1v) is 7.26. The van der Waals surface area contributed by atoms with Crippen molar-refractivity contribution >= 4 is 18.3 Å². The lowest BCUT2D eigenvalue weighted by molar-refractivity contribution is -0.124. The molecule has 5 nitrogen and oxygen atoms in total. The van der Waals surface area contributed by atoms with Gasteiger partial charge >= 0.3 is 0 Å². The zero-order chi connectivity index (χ0) is 15.7. The second kappa shape index (κ2) is 6.88. The van der Waals surface area contributed by atoms with Crippen molar-refractivity contribution in [2.75, 3.05) is 19.8 Å². The third kappa shape index (κ3) is 4.03. The van der Waals surface area contributed by atoms with Crippen molar-refractivity contribution in [3.63, 3.8) is 0 Å². The second-order valence-corrected chi connectivity index (χ2v) is 5.63. The van der Waals surface area contributed by atoms with Crippen LogP contribution in [0.5, 0.6) is 11.5 Å². The molecule has 0 aliphatic carbocycles. The maximum Gasteiger partial charge on any atom is 0.262 e. The quantitative estimate of drug-likeness (QED) is 0.878. The van der Waals surface area contributed by atoms with Crippen molar-refractivity contribution in [1.82, 2.24) is 10.6 Å². The third-order valence-electron chi connectivity index (χ3n) is 3.85. The summed E-state index contributed by atoms with van der Waals surface area (Å²) in [4.78, 5) is 12.0. The molecule has 2 aliphatic heterocycles. The first-order valence-electron chi connectivity index (χ1n) is 7.26. The minimum atomic E-state index is -2.82. The molecular formula is C15H19ClF2N2O3. The Hall–Kier alpha value is -1.60. The van der Waals surface area contributed by atoms with Crippen molar-refractivity contribution in [2.24, 2.45) is 0 Å². The van der Waals surface area contributed by atoms with Gasteiger partial charge in [-0.3, -0.25) is 10.1 Å². The van der Waals surface area contributed by atoms with E-state index in [4.69, 9.17) is 9.47 Å². The summed E-state index contributed by atoms with van der Waals surface area (Å²) in [5.74, 6) is -1.93. The Kier molecular flexibility index (Phi) is 5.31. The standard InChI is InChI=1S/C15H18F2N2O3.ClH/c1-9(19-14(20)11-7-15(16,17)8-18-11)10-2-3-12-13(6-10)22-5-4-21-12;/h2-3,6,9,11,18H,4-5,7-8H2,1H3,(H,19,20);1H. The number of amides is 1. The summed E-state index contributed by atoms with van der Waals surface area (Å²) in [6.45, 7) is 2.35. The van der Waals surface area contributed by atoms with Gasteiger partial charge in [0, 0.05) is 6.42 Å². The van der Waals surface area contributed by atoms with Gasteiger partial charge in [0.05, 0.1) is 18.6 Å². The maximum absolute atomic E-state index is 13.1. The topological polar surface area (TPSA) is 59.6 Å². The molecule has 23 heavy (non-hydrogen) atoms. The number of hydrogen-bond acceptors (Lipinski definition) is 4. The lowest BCUT2D eigenvalue weighted by atomic mass is 10.1. The first-order chi connectivity index (χ1) is 10.4. The van der Waals surface area contributed by atoms with Crippen LogP contribution in [0, 0.1) is 0 Å². The average molecular weight is 349 g/mol. The minimum Gasteiger partial charge on any atom is -0.486 e. The molecule has 1 aromatic carbocycles. The molecular weight excluding hydrogens is 330 g/mol. The van der Waals surface area contributed by atoms with Gasteiger partial charge in [0.15, 0.2) is 11.5 Å². The van der Waals surface area contributed by atoms with Gasteiger partial charge in [-0.25, -0.2) is 8.78 Å². The van der Waals surface area contributed by atoms with Gasteiger partial charge in [-0.05, 0) is 24.6 Å². The lowest BCUT2D eigenvalue weighted by Crippen LogP contribution is -2.41. The molecule has 0 radical (unpaired) electrons. The highest BCUT2D eigenvalue weighted by atomic mass is 35.5. The molecule has 128 valence electrons. The molecule has 2 heterocycles. The molecule has 1 saturated heterocycles. The monoisotopic (exact) mass is 348 g/mol. The number of ether oxygens (including phenoxy) is 2.